The Balaban J connectivity index is 1.91. The van der Waals surface area contributed by atoms with Crippen molar-refractivity contribution >= 4 is 5.91 Å². The molecule has 5 heteroatoms. The normalized spacial score (nSPS) is 21.5. The summed E-state index contributed by atoms with van der Waals surface area (Å²) in [6.07, 6.45) is 0.969. The lowest BCUT2D eigenvalue weighted by atomic mass is 9.89. The van der Waals surface area contributed by atoms with Crippen molar-refractivity contribution in [3.05, 3.63) is 29.8 Å². The molecule has 1 aliphatic rings. The topological polar surface area (TPSA) is 53.0 Å². The summed E-state index contributed by atoms with van der Waals surface area (Å²) in [6.45, 7) is 4.47. The maximum Gasteiger partial charge on any atom is 0.260 e. The Labute approximate surface area is 138 Å². The summed E-state index contributed by atoms with van der Waals surface area (Å²) < 4.78 is 5.62. The van der Waals surface area contributed by atoms with Crippen molar-refractivity contribution in [2.24, 2.45) is 11.8 Å². The lowest BCUT2D eigenvalue weighted by molar-refractivity contribution is -0.136. The number of aliphatic hydroxyl groups is 1. The number of piperidine rings is 1. The zero-order valence-electron chi connectivity index (χ0n) is 14.4. The van der Waals surface area contributed by atoms with Gasteiger partial charge < -0.3 is 19.6 Å². The minimum Gasteiger partial charge on any atom is -0.484 e. The summed E-state index contributed by atoms with van der Waals surface area (Å²) in [5, 5.41) is 9.50. The molecule has 1 aliphatic heterocycles. The molecule has 0 aliphatic carbocycles. The lowest BCUT2D eigenvalue weighted by Gasteiger charge is -2.38. The molecule has 5 nitrogen and oxygen atoms in total. The van der Waals surface area contributed by atoms with Gasteiger partial charge in [0.05, 0.1) is 0 Å². The van der Waals surface area contributed by atoms with Crippen LogP contribution in [-0.2, 0) is 4.79 Å². The summed E-state index contributed by atoms with van der Waals surface area (Å²) in [6, 6.07) is 7.71. The number of aliphatic hydroxyl groups excluding tert-OH is 1. The number of rotatable bonds is 6. The van der Waals surface area contributed by atoms with Gasteiger partial charge in [0.25, 0.3) is 5.91 Å². The molecule has 23 heavy (non-hydrogen) atoms. The van der Waals surface area contributed by atoms with Crippen LogP contribution in [0.2, 0.25) is 0 Å². The average molecular weight is 320 g/mol. The van der Waals surface area contributed by atoms with E-state index in [-0.39, 0.29) is 25.0 Å². The van der Waals surface area contributed by atoms with Crippen molar-refractivity contribution in [2.75, 3.05) is 46.9 Å². The van der Waals surface area contributed by atoms with Crippen molar-refractivity contribution in [3.8, 4) is 5.75 Å². The molecule has 1 amide bonds. The van der Waals surface area contributed by atoms with Crippen LogP contribution in [0.3, 0.4) is 0 Å². The number of carbonyl (C=O) groups is 1. The zero-order chi connectivity index (χ0) is 16.8. The molecule has 1 fully saturated rings. The Morgan fingerprint density at radius 3 is 2.74 bits per heavy atom. The smallest absolute Gasteiger partial charge is 0.260 e. The Morgan fingerprint density at radius 2 is 2.09 bits per heavy atom. The van der Waals surface area contributed by atoms with Gasteiger partial charge in [-0.25, -0.2) is 0 Å². The molecule has 0 saturated carbocycles. The number of aryl methyl sites for hydroxylation is 1. The highest BCUT2D eigenvalue weighted by Gasteiger charge is 2.30. The first-order valence-electron chi connectivity index (χ1n) is 8.20. The van der Waals surface area contributed by atoms with Gasteiger partial charge in [-0.2, -0.15) is 0 Å². The van der Waals surface area contributed by atoms with Crippen molar-refractivity contribution < 1.29 is 14.6 Å². The highest BCUT2D eigenvalue weighted by Crippen LogP contribution is 2.22. The van der Waals surface area contributed by atoms with Crippen molar-refractivity contribution in [2.45, 2.75) is 13.3 Å². The Bertz CT molecular complexity index is 519. The summed E-state index contributed by atoms with van der Waals surface area (Å²) in [5.41, 5.74) is 1.11. The fourth-order valence-corrected chi connectivity index (χ4v) is 3.24. The van der Waals surface area contributed by atoms with E-state index in [1.165, 1.54) is 0 Å². The molecule has 2 atom stereocenters. The number of carbonyl (C=O) groups excluding carboxylic acids is 1. The minimum absolute atomic E-state index is 0.00610. The predicted octanol–water partition coefficient (Wildman–Crippen LogP) is 1.39. The van der Waals surface area contributed by atoms with E-state index in [2.05, 4.69) is 4.90 Å². The van der Waals surface area contributed by atoms with E-state index in [1.807, 2.05) is 50.2 Å². The third-order valence-electron chi connectivity index (χ3n) is 4.21. The Kier molecular flexibility index (Phi) is 6.42. The van der Waals surface area contributed by atoms with Gasteiger partial charge in [0.2, 0.25) is 0 Å². The third kappa shape index (κ3) is 5.52. The maximum atomic E-state index is 12.5. The van der Waals surface area contributed by atoms with Crippen LogP contribution in [0.1, 0.15) is 12.0 Å². The van der Waals surface area contributed by atoms with E-state index < -0.39 is 0 Å². The number of hydrogen-bond donors (Lipinski definition) is 1. The van der Waals surface area contributed by atoms with Crippen molar-refractivity contribution in [3.63, 3.8) is 0 Å². The van der Waals surface area contributed by atoms with Gasteiger partial charge >= 0.3 is 0 Å². The van der Waals surface area contributed by atoms with Crippen LogP contribution in [0.4, 0.5) is 0 Å². The molecule has 1 aromatic carbocycles. The Hall–Kier alpha value is -1.59. The molecule has 128 valence electrons. The molecule has 0 unspecified atom stereocenters. The molecular weight excluding hydrogens is 292 g/mol. The van der Waals surface area contributed by atoms with Crippen LogP contribution >= 0.6 is 0 Å². The van der Waals surface area contributed by atoms with E-state index in [0.29, 0.717) is 12.5 Å². The van der Waals surface area contributed by atoms with E-state index in [9.17, 15) is 9.90 Å². The molecule has 0 radical (unpaired) electrons. The van der Waals surface area contributed by atoms with Crippen molar-refractivity contribution in [1.82, 2.24) is 9.80 Å². The fraction of sp³-hybridized carbons (Fsp3) is 0.611. The van der Waals surface area contributed by atoms with Crippen LogP contribution in [0.5, 0.6) is 5.75 Å². The number of ether oxygens (including phenoxy) is 1. The first-order chi connectivity index (χ1) is 11.0. The summed E-state index contributed by atoms with van der Waals surface area (Å²) >= 11 is 0. The standard InChI is InChI=1S/C18H28N2O3/c1-14-5-4-6-17(7-14)23-13-18(22)20-10-15(9-19(2)3)8-16(11-20)12-21/h4-7,15-16,21H,8-13H2,1-3H3/t15-,16+/m1/s1. The molecule has 0 bridgehead atoms. The van der Waals surface area contributed by atoms with Crippen LogP contribution in [0.25, 0.3) is 0 Å². The van der Waals surface area contributed by atoms with E-state index in [4.69, 9.17) is 4.74 Å². The van der Waals surface area contributed by atoms with Crippen LogP contribution < -0.4 is 4.74 Å². The van der Waals surface area contributed by atoms with Crippen LogP contribution in [0.15, 0.2) is 24.3 Å². The second-order valence-electron chi connectivity index (χ2n) is 6.82. The molecule has 0 spiro atoms. The van der Waals surface area contributed by atoms with Crippen molar-refractivity contribution in [1.29, 1.82) is 0 Å². The second-order valence-corrected chi connectivity index (χ2v) is 6.82. The molecule has 1 heterocycles. The lowest BCUT2D eigenvalue weighted by Crippen LogP contribution is -2.48. The molecular formula is C18H28N2O3. The molecule has 1 saturated heterocycles. The number of likely N-dealkylation sites (tertiary alicyclic amines) is 1. The monoisotopic (exact) mass is 320 g/mol. The zero-order valence-corrected chi connectivity index (χ0v) is 14.4. The molecule has 1 N–H and O–H groups in total. The minimum atomic E-state index is -0.00610. The fourth-order valence-electron chi connectivity index (χ4n) is 3.24. The number of amides is 1. The Morgan fingerprint density at radius 1 is 1.35 bits per heavy atom. The van der Waals surface area contributed by atoms with E-state index in [1.54, 1.807) is 0 Å². The van der Waals surface area contributed by atoms with Gasteiger partial charge in [-0.15, -0.1) is 0 Å². The second kappa shape index (κ2) is 8.31. The number of hydrogen-bond acceptors (Lipinski definition) is 4. The van der Waals surface area contributed by atoms with E-state index >= 15 is 0 Å². The van der Waals surface area contributed by atoms with E-state index in [0.717, 1.165) is 30.8 Å². The summed E-state index contributed by atoms with van der Waals surface area (Å²) in [5.74, 6) is 1.28. The highest BCUT2D eigenvalue weighted by molar-refractivity contribution is 5.78. The van der Waals surface area contributed by atoms with Gasteiger partial charge in [0.1, 0.15) is 5.75 Å². The molecule has 2 rings (SSSR count). The predicted molar refractivity (Wildman–Crippen MR) is 90.5 cm³/mol. The number of nitrogens with zero attached hydrogens (tertiary/aromatic N) is 2. The van der Waals surface area contributed by atoms with Gasteiger partial charge in [-0.1, -0.05) is 12.1 Å². The van der Waals surface area contributed by atoms with Crippen LogP contribution in [-0.4, -0.2) is 67.8 Å². The number of benzene rings is 1. The van der Waals surface area contributed by atoms with Gasteiger partial charge in [0.15, 0.2) is 6.61 Å². The molecule has 0 aromatic heterocycles. The first-order valence-corrected chi connectivity index (χ1v) is 8.20. The first kappa shape index (κ1) is 17.8. The molecule has 1 aromatic rings. The van der Waals surface area contributed by atoms with Gasteiger partial charge in [0, 0.05) is 26.2 Å². The quantitative estimate of drug-likeness (QED) is 0.861. The average Bonchev–Trinajstić information content (AvgIpc) is 2.51. The third-order valence-corrected chi connectivity index (χ3v) is 4.21. The highest BCUT2D eigenvalue weighted by atomic mass is 16.5. The van der Waals surface area contributed by atoms with Gasteiger partial charge in [-0.3, -0.25) is 4.79 Å². The van der Waals surface area contributed by atoms with Crippen LogP contribution in [0, 0.1) is 18.8 Å². The van der Waals surface area contributed by atoms with Gasteiger partial charge in [-0.05, 0) is 57.0 Å². The maximum absolute atomic E-state index is 12.5. The summed E-state index contributed by atoms with van der Waals surface area (Å²) in [4.78, 5) is 16.4. The summed E-state index contributed by atoms with van der Waals surface area (Å²) in [7, 11) is 4.07. The SMILES string of the molecule is Cc1cccc(OCC(=O)N2C[C@@H](CN(C)C)C[C@H](CO)C2)c1. The largest absolute Gasteiger partial charge is 0.484 e.